The van der Waals surface area contributed by atoms with Gasteiger partial charge in [0.15, 0.2) is 0 Å². The van der Waals surface area contributed by atoms with Crippen molar-refractivity contribution in [1.29, 1.82) is 0 Å². The van der Waals surface area contributed by atoms with E-state index in [1.165, 1.54) is 58.4 Å². The fraction of sp³-hybridized carbons (Fsp3) is 0.529. The highest BCUT2D eigenvalue weighted by atomic mass is 16.5. The van der Waals surface area contributed by atoms with Gasteiger partial charge in [-0.25, -0.2) is 9.98 Å². The van der Waals surface area contributed by atoms with Gasteiger partial charge in [0, 0.05) is 44.8 Å². The van der Waals surface area contributed by atoms with Gasteiger partial charge >= 0.3 is 0 Å². The third kappa shape index (κ3) is 6.30. The average molecular weight is 583 g/mol. The molecule has 228 valence electrons. The number of hydrogen-bond donors (Lipinski definition) is 4. The molecule has 43 heavy (non-hydrogen) atoms. The molecule has 1 spiro atoms. The van der Waals surface area contributed by atoms with Crippen molar-refractivity contribution >= 4 is 17.4 Å². The number of benzene rings is 2. The first-order chi connectivity index (χ1) is 21.0. The van der Waals surface area contributed by atoms with Crippen LogP contribution < -0.4 is 26.8 Å². The lowest BCUT2D eigenvalue weighted by atomic mass is 9.59. The fourth-order valence-electron chi connectivity index (χ4n) is 7.58. The molecule has 0 bridgehead atoms. The van der Waals surface area contributed by atoms with E-state index in [4.69, 9.17) is 21.2 Å². The molecular weight excluding hydrogens is 536 g/mol. The van der Waals surface area contributed by atoms with E-state index in [1.54, 1.807) is 0 Å². The van der Waals surface area contributed by atoms with Crippen molar-refractivity contribution in [3.63, 3.8) is 0 Å². The first-order valence-corrected chi connectivity index (χ1v) is 16.2. The predicted molar refractivity (Wildman–Crippen MR) is 173 cm³/mol. The Bertz CT molecular complexity index is 1340. The summed E-state index contributed by atoms with van der Waals surface area (Å²) in [7, 11) is 0. The van der Waals surface area contributed by atoms with Gasteiger partial charge in [0.05, 0.1) is 11.3 Å². The molecule has 0 unspecified atom stereocenters. The number of para-hydroxylation sites is 1. The predicted octanol–water partition coefficient (Wildman–Crippen LogP) is 3.39. The maximum Gasteiger partial charge on any atom is 0.136 e. The van der Waals surface area contributed by atoms with E-state index in [-0.39, 0.29) is 0 Å². The Kier molecular flexibility index (Phi) is 8.12. The zero-order valence-corrected chi connectivity index (χ0v) is 25.2. The first kappa shape index (κ1) is 28.4. The van der Waals surface area contributed by atoms with E-state index in [2.05, 4.69) is 25.4 Å². The summed E-state index contributed by atoms with van der Waals surface area (Å²) in [4.78, 5) is 14.6. The van der Waals surface area contributed by atoms with Crippen LogP contribution in [-0.2, 0) is 0 Å². The van der Waals surface area contributed by atoms with Crippen molar-refractivity contribution in [2.24, 2.45) is 32.8 Å². The maximum absolute atomic E-state index is 6.70. The molecule has 0 radical (unpaired) electrons. The molecule has 1 saturated carbocycles. The van der Waals surface area contributed by atoms with Crippen molar-refractivity contribution < 1.29 is 4.74 Å². The lowest BCUT2D eigenvalue weighted by Crippen LogP contribution is -2.58. The van der Waals surface area contributed by atoms with Gasteiger partial charge in [-0.05, 0) is 105 Å². The summed E-state index contributed by atoms with van der Waals surface area (Å²) in [5.41, 5.74) is 15.9. The van der Waals surface area contributed by atoms with Crippen LogP contribution in [0.2, 0.25) is 0 Å². The summed E-state index contributed by atoms with van der Waals surface area (Å²) < 4.78 is 5.95. The molecule has 3 saturated heterocycles. The third-order valence-corrected chi connectivity index (χ3v) is 10.4. The average Bonchev–Trinajstić information content (AvgIpc) is 2.99. The third-order valence-electron chi connectivity index (χ3n) is 10.4. The summed E-state index contributed by atoms with van der Waals surface area (Å²) in [6, 6.07) is 18.6. The normalized spacial score (nSPS) is 24.9. The summed E-state index contributed by atoms with van der Waals surface area (Å²) in [5.74, 6) is 3.63. The Hall–Kier alpha value is -3.40. The Balaban J connectivity index is 0.914. The van der Waals surface area contributed by atoms with Crippen LogP contribution in [0.4, 0.5) is 0 Å². The van der Waals surface area contributed by atoms with Gasteiger partial charge in [-0.3, -0.25) is 0 Å². The Labute approximate surface area is 255 Å². The van der Waals surface area contributed by atoms with Crippen LogP contribution in [0.15, 0.2) is 70.2 Å². The zero-order valence-electron chi connectivity index (χ0n) is 25.2. The number of likely N-dealkylation sites (tertiary alicyclic amines) is 2. The number of nitrogens with zero attached hydrogens (tertiary/aromatic N) is 4. The van der Waals surface area contributed by atoms with E-state index < -0.39 is 0 Å². The lowest BCUT2D eigenvalue weighted by molar-refractivity contribution is -0.0520. The minimum Gasteiger partial charge on any atom is -0.457 e. The van der Waals surface area contributed by atoms with Crippen LogP contribution in [0, 0.1) is 11.3 Å². The molecule has 0 aromatic heterocycles. The minimum absolute atomic E-state index is 0.326. The second-order valence-electron chi connectivity index (χ2n) is 13.3. The number of ether oxygens (including phenoxy) is 1. The molecule has 0 atom stereocenters. The van der Waals surface area contributed by atoms with Crippen molar-refractivity contribution in [1.82, 2.24) is 20.4 Å². The van der Waals surface area contributed by atoms with Crippen molar-refractivity contribution in [2.75, 3.05) is 52.5 Å². The molecule has 2 aromatic carbocycles. The first-order valence-electron chi connectivity index (χ1n) is 16.2. The van der Waals surface area contributed by atoms with E-state index in [0.717, 1.165) is 60.8 Å². The second-order valence-corrected chi connectivity index (χ2v) is 13.3. The van der Waals surface area contributed by atoms with Crippen molar-refractivity contribution in [2.45, 2.75) is 50.6 Å². The number of aliphatic imine (C=N–C) groups is 2. The number of piperidine rings is 2. The van der Waals surface area contributed by atoms with Gasteiger partial charge in [0.2, 0.25) is 0 Å². The maximum atomic E-state index is 6.70. The quantitative estimate of drug-likeness (QED) is 0.396. The van der Waals surface area contributed by atoms with E-state index in [1.807, 2.05) is 54.6 Å². The topological polar surface area (TPSA) is 117 Å². The molecule has 7 rings (SSSR count). The number of nitrogens with one attached hydrogen (secondary N) is 2. The summed E-state index contributed by atoms with van der Waals surface area (Å²) in [5, 5.41) is 7.12. The van der Waals surface area contributed by atoms with Gasteiger partial charge in [-0.1, -0.05) is 18.2 Å². The molecule has 0 amide bonds. The largest absolute Gasteiger partial charge is 0.457 e. The number of hydrogen-bond acceptors (Lipinski definition) is 9. The number of nitrogens with two attached hydrogens (primary N) is 2. The lowest BCUT2D eigenvalue weighted by Gasteiger charge is -2.56. The van der Waals surface area contributed by atoms with Crippen LogP contribution in [0.3, 0.4) is 0 Å². The van der Waals surface area contributed by atoms with E-state index >= 15 is 0 Å². The molecule has 4 fully saturated rings. The summed E-state index contributed by atoms with van der Waals surface area (Å²) in [6.07, 6.45) is 7.76. The molecule has 4 aliphatic heterocycles. The minimum atomic E-state index is 0.326. The Morgan fingerprint density at radius 3 is 2.30 bits per heavy atom. The monoisotopic (exact) mass is 582 g/mol. The second kappa shape index (κ2) is 12.3. The van der Waals surface area contributed by atoms with Crippen LogP contribution in [0.5, 0.6) is 11.5 Å². The SMILES string of the molecule is NC1=NCN=C(NC2CCN(C3CC4(CCN(CC5CNC5)CC4)C3)CC2)C1=C(N)c1ccc(Oc2ccccc2)cc1. The molecule has 9 heteroatoms. The number of rotatable bonds is 7. The molecule has 1 aliphatic carbocycles. The van der Waals surface area contributed by atoms with Crippen molar-refractivity contribution in [3.8, 4) is 11.5 Å². The smallest absolute Gasteiger partial charge is 0.136 e. The van der Waals surface area contributed by atoms with Gasteiger partial charge in [0.25, 0.3) is 0 Å². The number of amidine groups is 2. The molecule has 6 N–H and O–H groups in total. The Morgan fingerprint density at radius 1 is 0.930 bits per heavy atom. The zero-order chi connectivity index (χ0) is 29.2. The van der Waals surface area contributed by atoms with Gasteiger partial charge in [0.1, 0.15) is 29.8 Å². The molecular formula is C34H46N8O. The molecule has 9 nitrogen and oxygen atoms in total. The van der Waals surface area contributed by atoms with E-state index in [0.29, 0.717) is 35.2 Å². The standard InChI is InChI=1S/C34H46N8O/c35-31(25-6-8-29(9-7-25)43-28-4-2-1-3-5-28)30-32(36)38-23-39-33(30)40-26-10-14-42(15-11-26)27-18-34(19-27)12-16-41(17-13-34)22-24-20-37-21-24/h1-9,24,26-27,37H,10-23,35H2,(H2,36,38)(H,39,40). The molecule has 2 aromatic rings. The Morgan fingerprint density at radius 2 is 1.63 bits per heavy atom. The van der Waals surface area contributed by atoms with Crippen LogP contribution in [0.25, 0.3) is 5.70 Å². The van der Waals surface area contributed by atoms with Crippen LogP contribution >= 0.6 is 0 Å². The highest BCUT2D eigenvalue weighted by molar-refractivity contribution is 6.27. The summed E-state index contributed by atoms with van der Waals surface area (Å²) >= 11 is 0. The van der Waals surface area contributed by atoms with Crippen molar-refractivity contribution in [3.05, 3.63) is 65.7 Å². The fourth-order valence-corrected chi connectivity index (χ4v) is 7.58. The summed E-state index contributed by atoms with van der Waals surface area (Å²) in [6.45, 7) is 8.92. The van der Waals surface area contributed by atoms with Crippen LogP contribution in [0.1, 0.15) is 44.1 Å². The highest BCUT2D eigenvalue weighted by Gasteiger charge is 2.48. The van der Waals surface area contributed by atoms with Gasteiger partial charge < -0.3 is 36.6 Å². The van der Waals surface area contributed by atoms with Gasteiger partial charge in [-0.15, -0.1) is 0 Å². The van der Waals surface area contributed by atoms with Gasteiger partial charge in [-0.2, -0.15) is 0 Å². The molecule has 5 aliphatic rings. The molecule has 4 heterocycles. The highest BCUT2D eigenvalue weighted by Crippen LogP contribution is 2.51. The van der Waals surface area contributed by atoms with Crippen LogP contribution in [-0.4, -0.2) is 86.0 Å². The van der Waals surface area contributed by atoms with E-state index in [9.17, 15) is 0 Å².